The van der Waals surface area contributed by atoms with Crippen molar-refractivity contribution >= 4 is 21.0 Å². The van der Waals surface area contributed by atoms with Gasteiger partial charge in [-0.05, 0) is 56.5 Å². The van der Waals surface area contributed by atoms with Crippen LogP contribution in [0.2, 0.25) is 0 Å². The molecular formula is C27H40N6O6S. The Morgan fingerprint density at radius 1 is 0.950 bits per heavy atom. The molecule has 220 valence electrons. The predicted molar refractivity (Wildman–Crippen MR) is 153 cm³/mol. The monoisotopic (exact) mass is 576 g/mol. The third-order valence-corrected chi connectivity index (χ3v) is 9.46. The number of aliphatic hydroxyl groups excluding tert-OH is 1. The zero-order chi connectivity index (χ0) is 28.9. The van der Waals surface area contributed by atoms with Crippen molar-refractivity contribution < 1.29 is 18.3 Å². The van der Waals surface area contributed by atoms with Crippen LogP contribution < -0.4 is 16.0 Å². The van der Waals surface area contributed by atoms with Crippen LogP contribution in [0.5, 0.6) is 5.75 Å². The van der Waals surface area contributed by atoms with E-state index in [9.17, 15) is 23.1 Å². The van der Waals surface area contributed by atoms with Gasteiger partial charge in [-0.25, -0.2) is 18.2 Å². The molecule has 0 spiro atoms. The Morgan fingerprint density at radius 2 is 1.62 bits per heavy atom. The van der Waals surface area contributed by atoms with Gasteiger partial charge in [0.2, 0.25) is 0 Å². The summed E-state index contributed by atoms with van der Waals surface area (Å²) in [5.74, 6) is 0.682. The average molecular weight is 577 g/mol. The summed E-state index contributed by atoms with van der Waals surface area (Å²) in [6.07, 6.45) is 3.72. The van der Waals surface area contributed by atoms with E-state index in [0.717, 1.165) is 43.7 Å². The summed E-state index contributed by atoms with van der Waals surface area (Å²) < 4.78 is 34.5. The van der Waals surface area contributed by atoms with E-state index in [0.29, 0.717) is 54.2 Å². The molecule has 40 heavy (non-hydrogen) atoms. The molecule has 1 unspecified atom stereocenters. The summed E-state index contributed by atoms with van der Waals surface area (Å²) in [6.45, 7) is 5.62. The molecule has 0 aliphatic carbocycles. The second kappa shape index (κ2) is 13.1. The summed E-state index contributed by atoms with van der Waals surface area (Å²) in [4.78, 5) is 33.9. The number of methoxy groups -OCH3 is 1. The highest BCUT2D eigenvalue weighted by atomic mass is 32.2. The van der Waals surface area contributed by atoms with Crippen molar-refractivity contribution in [2.45, 2.75) is 43.2 Å². The maximum atomic E-state index is 12.6. The van der Waals surface area contributed by atoms with Crippen LogP contribution in [0.25, 0.3) is 11.2 Å². The predicted octanol–water partition coefficient (Wildman–Crippen LogP) is 0.455. The van der Waals surface area contributed by atoms with E-state index in [2.05, 4.69) is 14.8 Å². The number of hydrogen-bond donors (Lipinski definition) is 1. The fourth-order valence-corrected chi connectivity index (χ4v) is 6.56. The number of rotatable bonds is 13. The summed E-state index contributed by atoms with van der Waals surface area (Å²) in [7, 11) is 1.29. The number of nitrogens with zero attached hydrogens (tertiary/aromatic N) is 6. The molecule has 1 atom stereocenters. The number of aryl methyl sites for hydroxylation is 2. The number of hydrogen-bond acceptors (Lipinski definition) is 9. The normalized spacial score (nSPS) is 16.0. The Morgan fingerprint density at radius 3 is 2.30 bits per heavy atom. The van der Waals surface area contributed by atoms with E-state index < -0.39 is 15.9 Å². The van der Waals surface area contributed by atoms with Crippen molar-refractivity contribution in [3.63, 3.8) is 0 Å². The number of fused-ring (bicyclic) bond motifs is 1. The molecule has 0 saturated carbocycles. The van der Waals surface area contributed by atoms with E-state index >= 15 is 0 Å². The first-order valence-electron chi connectivity index (χ1n) is 13.7. The van der Waals surface area contributed by atoms with E-state index in [4.69, 9.17) is 4.74 Å². The van der Waals surface area contributed by atoms with Crippen LogP contribution in [0.3, 0.4) is 0 Å². The molecule has 0 amide bonds. The largest absolute Gasteiger partial charge is 0.497 e. The summed E-state index contributed by atoms with van der Waals surface area (Å²) in [6, 6.07) is 6.42. The van der Waals surface area contributed by atoms with Gasteiger partial charge in [0.05, 0.1) is 30.2 Å². The van der Waals surface area contributed by atoms with Gasteiger partial charge in [-0.3, -0.25) is 18.8 Å². The summed E-state index contributed by atoms with van der Waals surface area (Å²) in [5.41, 5.74) is 0.130. The van der Waals surface area contributed by atoms with Crippen LogP contribution >= 0.6 is 0 Å². The second-order valence-corrected chi connectivity index (χ2v) is 12.6. The minimum absolute atomic E-state index is 0.0618. The molecule has 1 saturated heterocycles. The Kier molecular flexibility index (Phi) is 9.82. The molecule has 12 nitrogen and oxygen atoms in total. The first kappa shape index (κ1) is 30.0. The number of piperazine rings is 1. The Hall–Kier alpha value is -3.00. The molecular weight excluding hydrogens is 536 g/mol. The van der Waals surface area contributed by atoms with Crippen LogP contribution in [0.1, 0.15) is 25.7 Å². The third-order valence-electron chi connectivity index (χ3n) is 7.64. The van der Waals surface area contributed by atoms with Crippen LogP contribution in [0, 0.1) is 0 Å². The number of imidazole rings is 1. The van der Waals surface area contributed by atoms with Crippen molar-refractivity contribution in [2.24, 2.45) is 14.1 Å². The quantitative estimate of drug-likeness (QED) is 0.288. The third kappa shape index (κ3) is 7.00. The zero-order valence-electron chi connectivity index (χ0n) is 23.5. The lowest BCUT2D eigenvalue weighted by molar-refractivity contribution is 0.0670. The van der Waals surface area contributed by atoms with Gasteiger partial charge < -0.3 is 19.3 Å². The van der Waals surface area contributed by atoms with Gasteiger partial charge in [0.1, 0.15) is 5.75 Å². The average Bonchev–Trinajstić information content (AvgIpc) is 3.38. The second-order valence-electron chi connectivity index (χ2n) is 10.5. The highest BCUT2D eigenvalue weighted by Crippen LogP contribution is 2.18. The number of aliphatic hydroxyl groups is 1. The highest BCUT2D eigenvalue weighted by Gasteiger charge is 2.20. The van der Waals surface area contributed by atoms with Crippen molar-refractivity contribution in [3.8, 4) is 5.75 Å². The molecule has 1 aromatic carbocycles. The van der Waals surface area contributed by atoms with Gasteiger partial charge in [-0.2, -0.15) is 0 Å². The van der Waals surface area contributed by atoms with E-state index in [1.807, 2.05) is 4.57 Å². The summed E-state index contributed by atoms with van der Waals surface area (Å²) >= 11 is 0. The number of unbranched alkanes of at least 4 members (excludes halogenated alkanes) is 1. The number of ether oxygens (including phenoxy) is 1. The van der Waals surface area contributed by atoms with Crippen LogP contribution in [-0.4, -0.2) is 100 Å². The van der Waals surface area contributed by atoms with Crippen LogP contribution in [0.4, 0.5) is 0 Å². The highest BCUT2D eigenvalue weighted by molar-refractivity contribution is 7.91. The Balaban J connectivity index is 1.14. The van der Waals surface area contributed by atoms with Gasteiger partial charge in [-0.15, -0.1) is 0 Å². The molecule has 3 aromatic rings. The SMILES string of the molecule is COc1ccc(S(=O)(=O)CCCCC(O)CN2CCN(CCCn3cnc4c3c(=O)n(C)c(=O)n4C)CC2)cc1. The first-order valence-corrected chi connectivity index (χ1v) is 15.4. The minimum Gasteiger partial charge on any atom is -0.497 e. The maximum absolute atomic E-state index is 12.6. The lowest BCUT2D eigenvalue weighted by Crippen LogP contribution is -2.48. The molecule has 0 radical (unpaired) electrons. The van der Waals surface area contributed by atoms with Gasteiger partial charge in [-0.1, -0.05) is 0 Å². The van der Waals surface area contributed by atoms with Crippen molar-refractivity contribution in [2.75, 3.05) is 52.1 Å². The lowest BCUT2D eigenvalue weighted by atomic mass is 10.1. The van der Waals surface area contributed by atoms with Crippen LogP contribution in [-0.2, 0) is 30.5 Å². The molecule has 0 bridgehead atoms. The van der Waals surface area contributed by atoms with Crippen LogP contribution in [0.15, 0.2) is 45.1 Å². The topological polar surface area (TPSA) is 132 Å². The fourth-order valence-electron chi connectivity index (χ4n) is 5.19. The molecule has 4 rings (SSSR count). The Labute approximate surface area is 234 Å². The zero-order valence-corrected chi connectivity index (χ0v) is 24.3. The van der Waals surface area contributed by atoms with E-state index in [-0.39, 0.29) is 17.0 Å². The molecule has 13 heteroatoms. The lowest BCUT2D eigenvalue weighted by Gasteiger charge is -2.35. The van der Waals surface area contributed by atoms with E-state index in [1.165, 1.54) is 11.6 Å². The van der Waals surface area contributed by atoms with Gasteiger partial charge >= 0.3 is 5.69 Å². The van der Waals surface area contributed by atoms with Crippen molar-refractivity contribution in [1.29, 1.82) is 0 Å². The molecule has 2 aromatic heterocycles. The molecule has 1 aliphatic heterocycles. The van der Waals surface area contributed by atoms with Gasteiger partial charge in [0, 0.05) is 53.4 Å². The minimum atomic E-state index is -3.35. The Bertz CT molecular complexity index is 1500. The number of aromatic nitrogens is 4. The number of sulfone groups is 1. The smallest absolute Gasteiger partial charge is 0.332 e. The molecule has 1 aliphatic rings. The maximum Gasteiger partial charge on any atom is 0.332 e. The fraction of sp³-hybridized carbons (Fsp3) is 0.593. The molecule has 1 N–H and O–H groups in total. The van der Waals surface area contributed by atoms with Gasteiger partial charge in [0.15, 0.2) is 21.0 Å². The first-order chi connectivity index (χ1) is 19.1. The summed E-state index contributed by atoms with van der Waals surface area (Å²) in [5, 5.41) is 10.5. The van der Waals surface area contributed by atoms with Gasteiger partial charge in [0.25, 0.3) is 5.56 Å². The van der Waals surface area contributed by atoms with Crippen molar-refractivity contribution in [1.82, 2.24) is 28.5 Å². The molecule has 1 fully saturated rings. The van der Waals surface area contributed by atoms with E-state index in [1.54, 1.807) is 44.8 Å². The standard InChI is InChI=1S/C27H40N6O6S/c1-29-25-24(26(35)30(2)27(29)36)33(20-28-25)13-6-12-31-14-16-32(17-15-31)19-21(34)7-4-5-18-40(37,38)23-10-8-22(39-3)9-11-23/h8-11,20-21,34H,4-7,12-19H2,1-3H3. The molecule has 3 heterocycles. The number of benzene rings is 1. The van der Waals surface area contributed by atoms with Crippen molar-refractivity contribution in [3.05, 3.63) is 51.4 Å². The number of β-amino-alcohol motifs (C(OH)–C–C–N with tert-alkyl or cyclic N) is 1.